The number of hydrogen-bond acceptors (Lipinski definition) is 2. The van der Waals surface area contributed by atoms with Crippen molar-refractivity contribution in [2.75, 3.05) is 6.61 Å². The summed E-state index contributed by atoms with van der Waals surface area (Å²) in [5.74, 6) is -0.0678. The minimum atomic E-state index is -0.873. The third kappa shape index (κ3) is 3.21. The van der Waals surface area contributed by atoms with Gasteiger partial charge in [0.2, 0.25) is 0 Å². The number of aliphatic carboxylic acids is 1. The van der Waals surface area contributed by atoms with E-state index in [-0.39, 0.29) is 0 Å². The first-order valence-electron chi connectivity index (χ1n) is 5.56. The second-order valence-corrected chi connectivity index (χ2v) is 3.91. The molecule has 0 aliphatic heterocycles. The van der Waals surface area contributed by atoms with Gasteiger partial charge in [0, 0.05) is 0 Å². The summed E-state index contributed by atoms with van der Waals surface area (Å²) < 4.78 is 5.59. The van der Waals surface area contributed by atoms with Gasteiger partial charge in [-0.25, -0.2) is 4.79 Å². The van der Waals surface area contributed by atoms with Gasteiger partial charge in [0.05, 0.1) is 5.57 Å². The third-order valence-corrected chi connectivity index (χ3v) is 2.60. The zero-order valence-electron chi connectivity index (χ0n) is 9.43. The molecule has 0 unspecified atom stereocenters. The van der Waals surface area contributed by atoms with Crippen molar-refractivity contribution in [3.8, 4) is 5.75 Å². The van der Waals surface area contributed by atoms with Crippen LogP contribution in [0.15, 0.2) is 53.6 Å². The van der Waals surface area contributed by atoms with Crippen LogP contribution in [0.1, 0.15) is 12.8 Å². The zero-order chi connectivity index (χ0) is 12.1. The van der Waals surface area contributed by atoms with E-state index in [9.17, 15) is 4.79 Å². The van der Waals surface area contributed by atoms with E-state index in [1.54, 1.807) is 12.2 Å². The Bertz CT molecular complexity index is 458. The van der Waals surface area contributed by atoms with E-state index in [0.29, 0.717) is 12.2 Å². The lowest BCUT2D eigenvalue weighted by atomic mass is 10.0. The molecule has 0 amide bonds. The summed E-state index contributed by atoms with van der Waals surface area (Å²) >= 11 is 0. The Morgan fingerprint density at radius 3 is 2.76 bits per heavy atom. The monoisotopic (exact) mass is 230 g/mol. The van der Waals surface area contributed by atoms with Crippen LogP contribution in [0.3, 0.4) is 0 Å². The van der Waals surface area contributed by atoms with Gasteiger partial charge in [0.1, 0.15) is 12.4 Å². The Labute approximate surface area is 100 Å². The third-order valence-electron chi connectivity index (χ3n) is 2.60. The van der Waals surface area contributed by atoms with Crippen molar-refractivity contribution in [1.29, 1.82) is 0 Å². The number of benzene rings is 1. The number of carboxylic acid groups (broad SMARTS) is 1. The standard InChI is InChI=1S/C14H14O3/c15-14(16)12-6-4-5-11(9-12)10-17-13-7-2-1-3-8-13/h1-3,6-9H,4-5,10H2,(H,15,16). The van der Waals surface area contributed by atoms with Crippen molar-refractivity contribution in [2.45, 2.75) is 12.8 Å². The van der Waals surface area contributed by atoms with Crippen molar-refractivity contribution in [1.82, 2.24) is 0 Å². The van der Waals surface area contributed by atoms with E-state index < -0.39 is 5.97 Å². The number of ether oxygens (including phenoxy) is 1. The molecule has 0 spiro atoms. The predicted molar refractivity (Wildman–Crippen MR) is 65.0 cm³/mol. The normalized spacial score (nSPS) is 14.8. The average Bonchev–Trinajstić information content (AvgIpc) is 2.38. The SMILES string of the molecule is O=C(O)C1=CCCC(COc2ccccc2)=C1. The van der Waals surface area contributed by atoms with Crippen LogP contribution in [0, 0.1) is 0 Å². The minimum absolute atomic E-state index is 0.364. The molecular weight excluding hydrogens is 216 g/mol. The van der Waals surface area contributed by atoms with Crippen molar-refractivity contribution >= 4 is 5.97 Å². The average molecular weight is 230 g/mol. The Balaban J connectivity index is 1.96. The molecule has 1 aliphatic carbocycles. The summed E-state index contributed by atoms with van der Waals surface area (Å²) in [5, 5.41) is 8.89. The molecule has 0 heterocycles. The van der Waals surface area contributed by atoms with E-state index in [2.05, 4.69) is 0 Å². The fraction of sp³-hybridized carbons (Fsp3) is 0.214. The summed E-state index contributed by atoms with van der Waals surface area (Å²) in [4.78, 5) is 10.8. The maximum Gasteiger partial charge on any atom is 0.335 e. The number of para-hydroxylation sites is 1. The van der Waals surface area contributed by atoms with Gasteiger partial charge in [-0.15, -0.1) is 0 Å². The molecule has 3 nitrogen and oxygen atoms in total. The second kappa shape index (κ2) is 5.34. The molecule has 0 fully saturated rings. The van der Waals surface area contributed by atoms with E-state index in [4.69, 9.17) is 9.84 Å². The summed E-state index contributed by atoms with van der Waals surface area (Å²) in [7, 11) is 0. The van der Waals surface area contributed by atoms with Crippen LogP contribution in [0.2, 0.25) is 0 Å². The highest BCUT2D eigenvalue weighted by atomic mass is 16.5. The Morgan fingerprint density at radius 1 is 1.29 bits per heavy atom. The molecule has 1 aromatic rings. The second-order valence-electron chi connectivity index (χ2n) is 3.91. The molecule has 0 radical (unpaired) electrons. The lowest BCUT2D eigenvalue weighted by molar-refractivity contribution is -0.132. The molecule has 1 aliphatic rings. The maximum atomic E-state index is 10.8. The molecule has 2 rings (SSSR count). The van der Waals surface area contributed by atoms with Gasteiger partial charge in [-0.05, 0) is 36.6 Å². The predicted octanol–water partition coefficient (Wildman–Crippen LogP) is 2.80. The molecule has 1 N–H and O–H groups in total. The number of hydrogen-bond donors (Lipinski definition) is 1. The number of carbonyl (C=O) groups is 1. The van der Waals surface area contributed by atoms with E-state index in [0.717, 1.165) is 24.2 Å². The number of carboxylic acids is 1. The van der Waals surface area contributed by atoms with Crippen LogP contribution >= 0.6 is 0 Å². The van der Waals surface area contributed by atoms with Crippen molar-refractivity contribution < 1.29 is 14.6 Å². The first kappa shape index (κ1) is 11.5. The number of rotatable bonds is 4. The summed E-state index contributed by atoms with van der Waals surface area (Å²) in [6.45, 7) is 0.453. The lowest BCUT2D eigenvalue weighted by Gasteiger charge is -2.12. The lowest BCUT2D eigenvalue weighted by Crippen LogP contribution is -2.08. The van der Waals surface area contributed by atoms with E-state index in [1.807, 2.05) is 30.3 Å². The molecule has 88 valence electrons. The zero-order valence-corrected chi connectivity index (χ0v) is 9.43. The molecule has 0 bridgehead atoms. The molecule has 0 aromatic heterocycles. The highest BCUT2D eigenvalue weighted by molar-refractivity contribution is 5.90. The molecule has 17 heavy (non-hydrogen) atoms. The highest BCUT2D eigenvalue weighted by Gasteiger charge is 2.11. The van der Waals surface area contributed by atoms with Crippen molar-refractivity contribution in [3.05, 3.63) is 53.6 Å². The number of allylic oxidation sites excluding steroid dienone is 1. The summed E-state index contributed by atoms with van der Waals surface area (Å²) in [5.41, 5.74) is 1.39. The van der Waals surface area contributed by atoms with Crippen molar-refractivity contribution in [2.24, 2.45) is 0 Å². The fourth-order valence-corrected chi connectivity index (χ4v) is 1.72. The van der Waals surface area contributed by atoms with Crippen LogP contribution in [0.4, 0.5) is 0 Å². The Morgan fingerprint density at radius 2 is 2.06 bits per heavy atom. The van der Waals surface area contributed by atoms with Gasteiger partial charge in [-0.2, -0.15) is 0 Å². The molecule has 0 saturated heterocycles. The topological polar surface area (TPSA) is 46.5 Å². The quantitative estimate of drug-likeness (QED) is 0.865. The highest BCUT2D eigenvalue weighted by Crippen LogP contribution is 2.19. The van der Waals surface area contributed by atoms with Crippen LogP contribution in [-0.4, -0.2) is 17.7 Å². The minimum Gasteiger partial charge on any atom is -0.489 e. The van der Waals surface area contributed by atoms with E-state index >= 15 is 0 Å². The van der Waals surface area contributed by atoms with Gasteiger partial charge in [-0.3, -0.25) is 0 Å². The molecule has 1 aromatic carbocycles. The first-order valence-corrected chi connectivity index (χ1v) is 5.56. The van der Waals surface area contributed by atoms with Crippen molar-refractivity contribution in [3.63, 3.8) is 0 Å². The van der Waals surface area contributed by atoms with Gasteiger partial charge in [-0.1, -0.05) is 24.3 Å². The first-order chi connectivity index (χ1) is 8.25. The van der Waals surface area contributed by atoms with Gasteiger partial charge in [0.25, 0.3) is 0 Å². The van der Waals surface area contributed by atoms with Gasteiger partial charge in [0.15, 0.2) is 0 Å². The van der Waals surface area contributed by atoms with Gasteiger partial charge < -0.3 is 9.84 Å². The van der Waals surface area contributed by atoms with E-state index in [1.165, 1.54) is 0 Å². The molecule has 3 heteroatoms. The van der Waals surface area contributed by atoms with Crippen LogP contribution in [-0.2, 0) is 4.79 Å². The fourth-order valence-electron chi connectivity index (χ4n) is 1.72. The summed E-state index contributed by atoms with van der Waals surface area (Å²) in [6, 6.07) is 9.52. The van der Waals surface area contributed by atoms with Crippen LogP contribution in [0.5, 0.6) is 5.75 Å². The molecular formula is C14H14O3. The maximum absolute atomic E-state index is 10.8. The molecule has 0 atom stereocenters. The Kier molecular flexibility index (Phi) is 3.60. The van der Waals surface area contributed by atoms with Crippen LogP contribution < -0.4 is 4.74 Å². The Hall–Kier alpha value is -2.03. The largest absolute Gasteiger partial charge is 0.489 e. The van der Waals surface area contributed by atoms with Crippen LogP contribution in [0.25, 0.3) is 0 Å². The van der Waals surface area contributed by atoms with Gasteiger partial charge >= 0.3 is 5.97 Å². The summed E-state index contributed by atoms with van der Waals surface area (Å²) in [6.07, 6.45) is 5.08. The molecule has 0 saturated carbocycles. The smallest absolute Gasteiger partial charge is 0.335 e.